The average Bonchev–Trinajstić information content (AvgIpc) is 2.18. The molecule has 1 aliphatic rings. The number of methoxy groups -OCH3 is 1. The molecule has 0 heterocycles. The van der Waals surface area contributed by atoms with Gasteiger partial charge in [-0.05, 0) is 24.5 Å². The molecule has 0 aliphatic heterocycles. The Morgan fingerprint density at radius 1 is 1.64 bits per heavy atom. The second-order valence-corrected chi connectivity index (χ2v) is 3.23. The molecule has 1 unspecified atom stereocenters. The van der Waals surface area contributed by atoms with Crippen LogP contribution in [0.2, 0.25) is 0 Å². The monoisotopic (exact) mass is 197 g/mol. The third-order valence-electron chi connectivity index (χ3n) is 2.18. The van der Waals surface area contributed by atoms with E-state index in [2.05, 4.69) is 0 Å². The van der Waals surface area contributed by atoms with E-state index in [9.17, 15) is 4.79 Å². The van der Waals surface area contributed by atoms with Gasteiger partial charge in [-0.3, -0.25) is 4.79 Å². The minimum Gasteiger partial charge on any atom is -0.497 e. The van der Waals surface area contributed by atoms with Crippen molar-refractivity contribution in [3.05, 3.63) is 23.5 Å². The van der Waals surface area contributed by atoms with Crippen molar-refractivity contribution in [3.8, 4) is 0 Å². The summed E-state index contributed by atoms with van der Waals surface area (Å²) in [5, 5.41) is 8.66. The quantitative estimate of drug-likeness (QED) is 0.706. The van der Waals surface area contributed by atoms with E-state index in [1.807, 2.05) is 12.2 Å². The van der Waals surface area contributed by atoms with E-state index >= 15 is 0 Å². The summed E-state index contributed by atoms with van der Waals surface area (Å²) in [7, 11) is 1.58. The first-order valence-corrected chi connectivity index (χ1v) is 4.57. The highest BCUT2D eigenvalue weighted by atomic mass is 16.5. The predicted octanol–water partition coefficient (Wildman–Crippen LogP) is 1.04. The van der Waals surface area contributed by atoms with Crippen LogP contribution in [-0.4, -0.2) is 24.2 Å². The second kappa shape index (κ2) is 4.81. The van der Waals surface area contributed by atoms with Crippen molar-refractivity contribution in [2.45, 2.75) is 25.3 Å². The summed E-state index contributed by atoms with van der Waals surface area (Å²) in [5.41, 5.74) is 6.34. The normalized spacial score (nSPS) is 18.1. The molecule has 0 aromatic rings. The molecular weight excluding hydrogens is 182 g/mol. The Balaban J connectivity index is 2.63. The number of carbonyl (C=O) groups is 1. The number of allylic oxidation sites excluding steroid dienone is 3. The van der Waals surface area contributed by atoms with Gasteiger partial charge < -0.3 is 15.6 Å². The van der Waals surface area contributed by atoms with Crippen molar-refractivity contribution in [2.24, 2.45) is 5.73 Å². The molecule has 1 atom stereocenters. The molecule has 0 aromatic carbocycles. The Bertz CT molecular complexity index is 281. The van der Waals surface area contributed by atoms with Gasteiger partial charge in [0.05, 0.1) is 7.11 Å². The molecular formula is C10H15NO3. The summed E-state index contributed by atoms with van der Waals surface area (Å²) >= 11 is 0. The van der Waals surface area contributed by atoms with E-state index in [0.29, 0.717) is 6.42 Å². The summed E-state index contributed by atoms with van der Waals surface area (Å²) in [6.07, 6.45) is 6.14. The van der Waals surface area contributed by atoms with E-state index in [-0.39, 0.29) is 0 Å². The molecule has 0 saturated heterocycles. The van der Waals surface area contributed by atoms with Gasteiger partial charge in [0.1, 0.15) is 11.8 Å². The van der Waals surface area contributed by atoms with Crippen molar-refractivity contribution in [2.75, 3.05) is 7.11 Å². The summed E-state index contributed by atoms with van der Waals surface area (Å²) in [6, 6.07) is -0.849. The van der Waals surface area contributed by atoms with Crippen LogP contribution in [0.15, 0.2) is 23.5 Å². The maximum atomic E-state index is 10.6. The number of aliphatic carboxylic acids is 1. The number of ether oxygens (including phenoxy) is 1. The van der Waals surface area contributed by atoms with Gasteiger partial charge in [0, 0.05) is 6.42 Å². The van der Waals surface area contributed by atoms with E-state index in [0.717, 1.165) is 24.2 Å². The lowest BCUT2D eigenvalue weighted by atomic mass is 9.99. The Morgan fingerprint density at radius 3 is 2.86 bits per heavy atom. The Hall–Kier alpha value is -1.29. The fraction of sp³-hybridized carbons (Fsp3) is 0.500. The molecule has 0 radical (unpaired) electrons. The van der Waals surface area contributed by atoms with E-state index < -0.39 is 12.0 Å². The average molecular weight is 197 g/mol. The number of hydrogen-bond acceptors (Lipinski definition) is 3. The van der Waals surface area contributed by atoms with Crippen molar-refractivity contribution >= 4 is 5.97 Å². The molecule has 4 heteroatoms. The fourth-order valence-corrected chi connectivity index (χ4v) is 1.43. The van der Waals surface area contributed by atoms with Crippen LogP contribution in [0.25, 0.3) is 0 Å². The molecule has 0 fully saturated rings. The van der Waals surface area contributed by atoms with E-state index in [1.54, 1.807) is 7.11 Å². The summed E-state index contributed by atoms with van der Waals surface area (Å²) in [5.74, 6) is -0.222. The highest BCUT2D eigenvalue weighted by molar-refractivity contribution is 5.73. The molecule has 14 heavy (non-hydrogen) atoms. The van der Waals surface area contributed by atoms with Crippen LogP contribution in [0.4, 0.5) is 0 Å². The Kier molecular flexibility index (Phi) is 3.71. The lowest BCUT2D eigenvalue weighted by Crippen LogP contribution is -2.30. The first-order chi connectivity index (χ1) is 6.65. The first kappa shape index (κ1) is 10.8. The number of hydrogen-bond donors (Lipinski definition) is 2. The minimum absolute atomic E-state index is 0.328. The van der Waals surface area contributed by atoms with Gasteiger partial charge in [0.25, 0.3) is 0 Å². The third-order valence-corrected chi connectivity index (χ3v) is 2.18. The van der Waals surface area contributed by atoms with Gasteiger partial charge in [-0.1, -0.05) is 6.08 Å². The molecule has 0 bridgehead atoms. The maximum absolute atomic E-state index is 10.6. The third kappa shape index (κ3) is 2.60. The van der Waals surface area contributed by atoms with Crippen molar-refractivity contribution in [3.63, 3.8) is 0 Å². The molecule has 3 N–H and O–H groups in total. The van der Waals surface area contributed by atoms with Gasteiger partial charge in [-0.25, -0.2) is 0 Å². The number of carboxylic acids is 1. The fourth-order valence-electron chi connectivity index (χ4n) is 1.43. The van der Waals surface area contributed by atoms with E-state index in [4.69, 9.17) is 15.6 Å². The molecule has 78 valence electrons. The van der Waals surface area contributed by atoms with Crippen molar-refractivity contribution < 1.29 is 14.6 Å². The smallest absolute Gasteiger partial charge is 0.320 e. The number of nitrogens with two attached hydrogens (primary N) is 1. The second-order valence-electron chi connectivity index (χ2n) is 3.23. The van der Waals surface area contributed by atoms with Gasteiger partial charge in [0.15, 0.2) is 0 Å². The molecule has 0 spiro atoms. The zero-order valence-electron chi connectivity index (χ0n) is 8.19. The SMILES string of the molecule is COC1=CCCC=C1CC(N)C(=O)O. The van der Waals surface area contributed by atoms with E-state index in [1.165, 1.54) is 0 Å². The standard InChI is InChI=1S/C10H15NO3/c1-14-9-5-3-2-4-7(9)6-8(11)10(12)13/h4-5,8H,2-3,6,11H2,1H3,(H,12,13). The zero-order chi connectivity index (χ0) is 10.6. The van der Waals surface area contributed by atoms with Crippen molar-refractivity contribution in [1.82, 2.24) is 0 Å². The Morgan fingerprint density at radius 2 is 2.29 bits per heavy atom. The van der Waals surface area contributed by atoms with Crippen LogP contribution < -0.4 is 5.73 Å². The van der Waals surface area contributed by atoms with Crippen LogP contribution in [0, 0.1) is 0 Å². The van der Waals surface area contributed by atoms with Crippen LogP contribution in [0.3, 0.4) is 0 Å². The number of carboxylic acid groups (broad SMARTS) is 1. The summed E-state index contributed by atoms with van der Waals surface area (Å²) in [6.45, 7) is 0. The maximum Gasteiger partial charge on any atom is 0.320 e. The summed E-state index contributed by atoms with van der Waals surface area (Å²) in [4.78, 5) is 10.6. The molecule has 1 rings (SSSR count). The number of rotatable bonds is 4. The molecule has 0 amide bonds. The summed E-state index contributed by atoms with van der Waals surface area (Å²) < 4.78 is 5.13. The van der Waals surface area contributed by atoms with Gasteiger partial charge in [0.2, 0.25) is 0 Å². The van der Waals surface area contributed by atoms with Crippen LogP contribution >= 0.6 is 0 Å². The van der Waals surface area contributed by atoms with Gasteiger partial charge in [-0.15, -0.1) is 0 Å². The molecule has 4 nitrogen and oxygen atoms in total. The lowest BCUT2D eigenvalue weighted by Gasteiger charge is -2.16. The molecule has 0 saturated carbocycles. The molecule has 0 aromatic heterocycles. The highest BCUT2D eigenvalue weighted by Gasteiger charge is 2.17. The lowest BCUT2D eigenvalue weighted by molar-refractivity contribution is -0.138. The highest BCUT2D eigenvalue weighted by Crippen LogP contribution is 2.22. The van der Waals surface area contributed by atoms with Gasteiger partial charge >= 0.3 is 5.97 Å². The first-order valence-electron chi connectivity index (χ1n) is 4.57. The van der Waals surface area contributed by atoms with Crippen molar-refractivity contribution in [1.29, 1.82) is 0 Å². The minimum atomic E-state index is -0.980. The van der Waals surface area contributed by atoms with Crippen LogP contribution in [0.1, 0.15) is 19.3 Å². The van der Waals surface area contributed by atoms with Gasteiger partial charge in [-0.2, -0.15) is 0 Å². The largest absolute Gasteiger partial charge is 0.497 e. The molecule has 1 aliphatic carbocycles. The zero-order valence-corrected chi connectivity index (χ0v) is 8.19. The van der Waals surface area contributed by atoms with Crippen LogP contribution in [-0.2, 0) is 9.53 Å². The Labute approximate surface area is 83.0 Å². The topological polar surface area (TPSA) is 72.5 Å². The predicted molar refractivity (Wildman–Crippen MR) is 52.6 cm³/mol. The van der Waals surface area contributed by atoms with Crippen LogP contribution in [0.5, 0.6) is 0 Å².